The number of likely N-dealkylation sites (tertiary alicyclic amines) is 1. The molecule has 1 unspecified atom stereocenters. The second kappa shape index (κ2) is 6.72. The van der Waals surface area contributed by atoms with Crippen molar-refractivity contribution in [3.05, 3.63) is 59.4 Å². The highest BCUT2D eigenvalue weighted by atomic mass is 19.1. The molecule has 0 bridgehead atoms. The number of nitrogens with zero attached hydrogens (tertiary/aromatic N) is 2. The maximum atomic E-state index is 13.9. The van der Waals surface area contributed by atoms with Gasteiger partial charge in [-0.1, -0.05) is 12.1 Å². The molecule has 1 amide bonds. The largest absolute Gasteiger partial charge is 0.486 e. The van der Waals surface area contributed by atoms with Gasteiger partial charge in [0.05, 0.1) is 18.2 Å². The number of Topliss-reactive ketones (excluding diaryl/α,β-unsaturated/α-hetero) is 1. The minimum absolute atomic E-state index is 0.0304. The van der Waals surface area contributed by atoms with E-state index in [-0.39, 0.29) is 12.2 Å². The molecular formula is C20H18F2N2O3. The number of para-hydroxylation sites is 1. The first-order chi connectivity index (χ1) is 13.0. The smallest absolute Gasteiger partial charge is 0.275 e. The molecule has 27 heavy (non-hydrogen) atoms. The van der Waals surface area contributed by atoms with Crippen molar-refractivity contribution >= 4 is 11.7 Å². The summed E-state index contributed by atoms with van der Waals surface area (Å²) in [5.41, 5.74) is -0.467. The molecule has 2 aliphatic rings. The molecule has 0 radical (unpaired) electrons. The van der Waals surface area contributed by atoms with Crippen LogP contribution in [0.1, 0.15) is 46.5 Å². The summed E-state index contributed by atoms with van der Waals surface area (Å²) in [7, 11) is 0. The lowest BCUT2D eigenvalue weighted by molar-refractivity contribution is 0.0300. The molecule has 0 N–H and O–H groups in total. The van der Waals surface area contributed by atoms with Crippen LogP contribution in [0.5, 0.6) is 5.75 Å². The highest BCUT2D eigenvalue weighted by molar-refractivity contribution is 6.00. The van der Waals surface area contributed by atoms with Gasteiger partial charge in [-0.25, -0.2) is 13.8 Å². The first kappa shape index (κ1) is 17.6. The number of carbonyl (C=O) groups is 2. The Labute approximate surface area is 155 Å². The molecule has 1 aromatic carbocycles. The Bertz CT molecular complexity index is 918. The average molecular weight is 372 g/mol. The van der Waals surface area contributed by atoms with Gasteiger partial charge in [0.1, 0.15) is 17.2 Å². The van der Waals surface area contributed by atoms with Gasteiger partial charge in [0.15, 0.2) is 17.3 Å². The molecule has 1 aromatic heterocycles. The number of ketones is 1. The van der Waals surface area contributed by atoms with Crippen molar-refractivity contribution in [1.82, 2.24) is 9.88 Å². The van der Waals surface area contributed by atoms with E-state index in [2.05, 4.69) is 4.98 Å². The average Bonchev–Trinajstić information content (AvgIpc) is 2.84. The molecule has 0 aliphatic carbocycles. The second-order valence-corrected chi connectivity index (χ2v) is 7.01. The second-order valence-electron chi connectivity index (χ2n) is 7.01. The number of carbonyl (C=O) groups excluding carboxylic acids is 2. The van der Waals surface area contributed by atoms with E-state index < -0.39 is 28.8 Å². The van der Waals surface area contributed by atoms with Crippen molar-refractivity contribution in [2.45, 2.75) is 31.3 Å². The Kier molecular flexibility index (Phi) is 4.37. The van der Waals surface area contributed by atoms with Gasteiger partial charge < -0.3 is 9.64 Å². The van der Waals surface area contributed by atoms with E-state index in [0.717, 1.165) is 6.20 Å². The van der Waals surface area contributed by atoms with E-state index >= 15 is 0 Å². The van der Waals surface area contributed by atoms with Gasteiger partial charge in [-0.3, -0.25) is 9.59 Å². The van der Waals surface area contributed by atoms with Gasteiger partial charge in [-0.15, -0.1) is 0 Å². The maximum absolute atomic E-state index is 13.9. The summed E-state index contributed by atoms with van der Waals surface area (Å²) in [6, 6.07) is 7.80. The molecule has 1 fully saturated rings. The summed E-state index contributed by atoms with van der Waals surface area (Å²) in [5, 5.41) is 0. The van der Waals surface area contributed by atoms with Gasteiger partial charge in [0.25, 0.3) is 5.91 Å². The lowest BCUT2D eigenvalue weighted by atomic mass is 9.84. The summed E-state index contributed by atoms with van der Waals surface area (Å²) >= 11 is 0. The van der Waals surface area contributed by atoms with Gasteiger partial charge in [-0.05, 0) is 25.0 Å². The van der Waals surface area contributed by atoms with Crippen molar-refractivity contribution < 1.29 is 23.1 Å². The summed E-state index contributed by atoms with van der Waals surface area (Å²) in [4.78, 5) is 30.2. The van der Waals surface area contributed by atoms with E-state index in [1.165, 1.54) is 4.90 Å². The predicted octanol–water partition coefficient (Wildman–Crippen LogP) is 3.39. The summed E-state index contributed by atoms with van der Waals surface area (Å²) in [6.07, 6.45) is 2.78. The van der Waals surface area contributed by atoms with Crippen molar-refractivity contribution in [1.29, 1.82) is 0 Å². The highest BCUT2D eigenvalue weighted by Gasteiger charge is 2.42. The molecular weight excluding hydrogens is 354 g/mol. The Morgan fingerprint density at radius 3 is 2.81 bits per heavy atom. The number of fused-ring (bicyclic) bond motifs is 1. The number of rotatable bonds is 1. The number of hydrogen-bond acceptors (Lipinski definition) is 4. The molecule has 1 spiro atoms. The van der Waals surface area contributed by atoms with Crippen LogP contribution in [0, 0.1) is 11.6 Å². The van der Waals surface area contributed by atoms with Crippen molar-refractivity contribution in [2.24, 2.45) is 0 Å². The van der Waals surface area contributed by atoms with Crippen LogP contribution in [0.15, 0.2) is 36.5 Å². The quantitative estimate of drug-likeness (QED) is 0.770. The first-order valence-corrected chi connectivity index (χ1v) is 8.89. The van der Waals surface area contributed by atoms with Crippen LogP contribution in [0.25, 0.3) is 0 Å². The van der Waals surface area contributed by atoms with Gasteiger partial charge in [0.2, 0.25) is 0 Å². The Morgan fingerprint density at radius 2 is 2.00 bits per heavy atom. The maximum Gasteiger partial charge on any atom is 0.275 e. The van der Waals surface area contributed by atoms with Crippen LogP contribution in [0.2, 0.25) is 0 Å². The van der Waals surface area contributed by atoms with E-state index in [0.29, 0.717) is 49.7 Å². The monoisotopic (exact) mass is 372 g/mol. The summed E-state index contributed by atoms with van der Waals surface area (Å²) < 4.78 is 33.1. The SMILES string of the molecule is O=C1CC2(CCCN(C(=O)c3ncc(F)cc3F)CC2)Oc2ccccc21. The molecule has 0 saturated carbocycles. The normalized spacial score (nSPS) is 22.1. The molecule has 1 atom stereocenters. The number of pyridine rings is 1. The number of benzene rings is 1. The summed E-state index contributed by atoms with van der Waals surface area (Å²) in [6.45, 7) is 0.713. The third-order valence-electron chi connectivity index (χ3n) is 5.19. The molecule has 5 nitrogen and oxygen atoms in total. The number of halogens is 2. The standard InChI is InChI=1S/C20H18F2N2O3/c21-13-10-15(22)18(23-12-13)19(26)24-8-3-6-20(7-9-24)11-16(25)14-4-1-2-5-17(14)27-20/h1-2,4-5,10,12H,3,6-9,11H2. The van der Waals surface area contributed by atoms with E-state index in [1.807, 2.05) is 6.07 Å². The lowest BCUT2D eigenvalue weighted by Gasteiger charge is -2.37. The fraction of sp³-hybridized carbons (Fsp3) is 0.350. The molecule has 1 saturated heterocycles. The molecule has 3 heterocycles. The number of aromatic nitrogens is 1. The third-order valence-corrected chi connectivity index (χ3v) is 5.19. The number of amides is 1. The minimum Gasteiger partial charge on any atom is -0.486 e. The fourth-order valence-corrected chi connectivity index (χ4v) is 3.81. The van der Waals surface area contributed by atoms with Crippen LogP contribution in [0.4, 0.5) is 8.78 Å². The van der Waals surface area contributed by atoms with Crippen LogP contribution >= 0.6 is 0 Å². The zero-order valence-corrected chi connectivity index (χ0v) is 14.6. The van der Waals surface area contributed by atoms with E-state index in [9.17, 15) is 18.4 Å². The zero-order chi connectivity index (χ0) is 19.0. The Balaban J connectivity index is 1.53. The number of hydrogen-bond donors (Lipinski definition) is 0. The van der Waals surface area contributed by atoms with Crippen LogP contribution in [0.3, 0.4) is 0 Å². The van der Waals surface area contributed by atoms with E-state index in [4.69, 9.17) is 4.74 Å². The molecule has 7 heteroatoms. The Morgan fingerprint density at radius 1 is 1.19 bits per heavy atom. The minimum atomic E-state index is -0.975. The Hall–Kier alpha value is -2.83. The van der Waals surface area contributed by atoms with Crippen molar-refractivity contribution in [2.75, 3.05) is 13.1 Å². The highest BCUT2D eigenvalue weighted by Crippen LogP contribution is 2.39. The molecule has 2 aromatic rings. The number of ether oxygens (including phenoxy) is 1. The van der Waals surface area contributed by atoms with Crippen molar-refractivity contribution in [3.63, 3.8) is 0 Å². The molecule has 2 aliphatic heterocycles. The predicted molar refractivity (Wildman–Crippen MR) is 92.7 cm³/mol. The summed E-state index contributed by atoms with van der Waals surface area (Å²) in [5.74, 6) is -1.78. The van der Waals surface area contributed by atoms with Crippen molar-refractivity contribution in [3.8, 4) is 5.75 Å². The van der Waals surface area contributed by atoms with Gasteiger partial charge in [-0.2, -0.15) is 0 Å². The zero-order valence-electron chi connectivity index (χ0n) is 14.6. The van der Waals surface area contributed by atoms with Gasteiger partial charge >= 0.3 is 0 Å². The fourth-order valence-electron chi connectivity index (χ4n) is 3.81. The van der Waals surface area contributed by atoms with Crippen LogP contribution in [-0.4, -0.2) is 40.3 Å². The van der Waals surface area contributed by atoms with Crippen LogP contribution in [-0.2, 0) is 0 Å². The third kappa shape index (κ3) is 3.29. The van der Waals surface area contributed by atoms with Gasteiger partial charge in [0, 0.05) is 25.6 Å². The first-order valence-electron chi connectivity index (χ1n) is 8.89. The topological polar surface area (TPSA) is 59.5 Å². The van der Waals surface area contributed by atoms with E-state index in [1.54, 1.807) is 18.2 Å². The van der Waals surface area contributed by atoms with Crippen LogP contribution < -0.4 is 4.74 Å². The molecule has 140 valence electrons. The molecule has 4 rings (SSSR count). The lowest BCUT2D eigenvalue weighted by Crippen LogP contribution is -2.43.